The Kier molecular flexibility index (Phi) is 3.90. The maximum Gasteiger partial charge on any atom is 0.363 e. The number of carbonyl (C=O) groups excluding carboxylic acids is 1. The monoisotopic (exact) mass is 366 g/mol. The molecule has 0 bridgehead atoms. The average Bonchev–Trinajstić information content (AvgIpc) is 3.11. The van der Waals surface area contributed by atoms with E-state index in [1.54, 1.807) is 35.0 Å². The molecule has 0 aliphatic rings. The zero-order chi connectivity index (χ0) is 13.9. The average molecular weight is 367 g/mol. The highest BCUT2D eigenvalue weighted by Crippen LogP contribution is 2.27. The highest BCUT2D eigenvalue weighted by Gasteiger charge is 2.15. The molecule has 0 saturated heterocycles. The molecular weight excluding hydrogens is 360 g/mol. The van der Waals surface area contributed by atoms with E-state index < -0.39 is 5.97 Å². The summed E-state index contributed by atoms with van der Waals surface area (Å²) in [5.41, 5.74) is 1.31. The summed E-state index contributed by atoms with van der Waals surface area (Å²) in [4.78, 5) is 20.3. The zero-order valence-electron chi connectivity index (χ0n) is 9.95. The van der Waals surface area contributed by atoms with Crippen molar-refractivity contribution in [1.82, 2.24) is 9.97 Å². The van der Waals surface area contributed by atoms with Gasteiger partial charge in [0.1, 0.15) is 9.61 Å². The summed E-state index contributed by atoms with van der Waals surface area (Å²) >= 11 is 6.24. The van der Waals surface area contributed by atoms with Crippen LogP contribution in [0.15, 0.2) is 45.1 Å². The van der Waals surface area contributed by atoms with Crippen molar-refractivity contribution in [2.45, 2.75) is 0 Å². The molecule has 0 amide bonds. The first-order valence-electron chi connectivity index (χ1n) is 5.55. The molecule has 4 nitrogen and oxygen atoms in total. The zero-order valence-corrected chi connectivity index (χ0v) is 13.2. The Morgan fingerprint density at radius 1 is 1.30 bits per heavy atom. The van der Waals surface area contributed by atoms with Crippen LogP contribution in [-0.2, 0) is 0 Å². The van der Waals surface area contributed by atoms with Crippen LogP contribution < -0.4 is 4.74 Å². The summed E-state index contributed by atoms with van der Waals surface area (Å²) in [5, 5.41) is 6.47. The number of carbonyl (C=O) groups is 1. The molecule has 3 heterocycles. The van der Waals surface area contributed by atoms with E-state index in [9.17, 15) is 4.79 Å². The molecule has 3 aromatic rings. The first kappa shape index (κ1) is 13.4. The van der Waals surface area contributed by atoms with Crippen LogP contribution in [0.4, 0.5) is 0 Å². The maximum atomic E-state index is 12.0. The van der Waals surface area contributed by atoms with Gasteiger partial charge in [0.15, 0.2) is 11.4 Å². The van der Waals surface area contributed by atoms with Crippen molar-refractivity contribution in [3.63, 3.8) is 0 Å². The Morgan fingerprint density at radius 3 is 2.95 bits per heavy atom. The first-order valence-corrected chi connectivity index (χ1v) is 8.16. The number of ether oxygens (including phenoxy) is 1. The summed E-state index contributed by atoms with van der Waals surface area (Å²) in [7, 11) is 0. The second kappa shape index (κ2) is 5.82. The van der Waals surface area contributed by atoms with E-state index in [0.717, 1.165) is 10.6 Å². The van der Waals surface area contributed by atoms with Crippen LogP contribution in [0.2, 0.25) is 0 Å². The van der Waals surface area contributed by atoms with Gasteiger partial charge >= 0.3 is 5.97 Å². The molecule has 3 rings (SSSR count). The summed E-state index contributed by atoms with van der Waals surface area (Å²) in [6.45, 7) is 0. The third kappa shape index (κ3) is 2.79. The number of pyridine rings is 1. The van der Waals surface area contributed by atoms with Gasteiger partial charge in [0.05, 0.1) is 0 Å². The lowest BCUT2D eigenvalue weighted by Gasteiger charge is -2.02. The van der Waals surface area contributed by atoms with Gasteiger partial charge < -0.3 is 4.74 Å². The minimum Gasteiger partial charge on any atom is -0.419 e. The van der Waals surface area contributed by atoms with Crippen molar-refractivity contribution in [3.8, 4) is 16.3 Å². The molecule has 100 valence electrons. The largest absolute Gasteiger partial charge is 0.419 e. The van der Waals surface area contributed by atoms with Crippen molar-refractivity contribution in [1.29, 1.82) is 0 Å². The van der Waals surface area contributed by atoms with E-state index in [1.807, 2.05) is 16.8 Å². The number of rotatable bonds is 3. The van der Waals surface area contributed by atoms with Gasteiger partial charge in [0, 0.05) is 22.5 Å². The van der Waals surface area contributed by atoms with Gasteiger partial charge in [0.2, 0.25) is 0 Å². The van der Waals surface area contributed by atoms with Crippen LogP contribution in [0.1, 0.15) is 10.5 Å². The highest BCUT2D eigenvalue weighted by atomic mass is 79.9. The highest BCUT2D eigenvalue weighted by molar-refractivity contribution is 9.10. The fraction of sp³-hybridized carbons (Fsp3) is 0. The van der Waals surface area contributed by atoms with Crippen molar-refractivity contribution in [3.05, 3.63) is 50.8 Å². The molecule has 0 fully saturated rings. The maximum absolute atomic E-state index is 12.0. The molecule has 0 aromatic carbocycles. The summed E-state index contributed by atoms with van der Waals surface area (Å²) in [6, 6.07) is 5.34. The molecule has 0 unspecified atom stereocenters. The van der Waals surface area contributed by atoms with Crippen LogP contribution in [0, 0.1) is 0 Å². The van der Waals surface area contributed by atoms with Gasteiger partial charge in [-0.2, -0.15) is 11.3 Å². The molecule has 3 aromatic heterocycles. The SMILES string of the molecule is O=C(Oc1cccnc1Br)c1csc(-c2ccsc2)n1. The smallest absolute Gasteiger partial charge is 0.363 e. The quantitative estimate of drug-likeness (QED) is 0.513. The van der Waals surface area contributed by atoms with Gasteiger partial charge in [0.25, 0.3) is 0 Å². The lowest BCUT2D eigenvalue weighted by molar-refractivity contribution is 0.0727. The number of hydrogen-bond donors (Lipinski definition) is 0. The van der Waals surface area contributed by atoms with Crippen LogP contribution in [-0.4, -0.2) is 15.9 Å². The molecule has 20 heavy (non-hydrogen) atoms. The van der Waals surface area contributed by atoms with Crippen LogP contribution >= 0.6 is 38.6 Å². The fourth-order valence-electron chi connectivity index (χ4n) is 1.49. The van der Waals surface area contributed by atoms with E-state index in [2.05, 4.69) is 25.9 Å². The Balaban J connectivity index is 1.80. The molecule has 0 aliphatic carbocycles. The second-order valence-corrected chi connectivity index (χ2v) is 6.12. The summed E-state index contributed by atoms with van der Waals surface area (Å²) in [6.07, 6.45) is 1.61. The Labute approximate surface area is 131 Å². The molecule has 0 N–H and O–H groups in total. The fourth-order valence-corrected chi connectivity index (χ4v) is 3.32. The van der Waals surface area contributed by atoms with Crippen LogP contribution in [0.5, 0.6) is 5.75 Å². The van der Waals surface area contributed by atoms with Crippen LogP contribution in [0.25, 0.3) is 10.6 Å². The number of nitrogens with zero attached hydrogens (tertiary/aromatic N) is 2. The predicted molar refractivity (Wildman–Crippen MR) is 82.3 cm³/mol. The number of hydrogen-bond acceptors (Lipinski definition) is 6. The van der Waals surface area contributed by atoms with E-state index in [-0.39, 0.29) is 0 Å². The molecule has 0 aliphatic heterocycles. The van der Waals surface area contributed by atoms with Gasteiger partial charge in [-0.1, -0.05) is 0 Å². The van der Waals surface area contributed by atoms with Gasteiger partial charge in [-0.15, -0.1) is 11.3 Å². The number of thiophene rings is 1. The number of esters is 1. The lowest BCUT2D eigenvalue weighted by Crippen LogP contribution is -2.09. The molecule has 7 heteroatoms. The van der Waals surface area contributed by atoms with E-state index in [0.29, 0.717) is 16.0 Å². The summed E-state index contributed by atoms with van der Waals surface area (Å²) < 4.78 is 5.75. The van der Waals surface area contributed by atoms with E-state index in [4.69, 9.17) is 4.74 Å². The third-order valence-electron chi connectivity index (χ3n) is 2.41. The number of thiazole rings is 1. The topological polar surface area (TPSA) is 52.1 Å². The second-order valence-electron chi connectivity index (χ2n) is 3.73. The predicted octanol–water partition coefficient (Wildman–Crippen LogP) is 4.25. The normalized spacial score (nSPS) is 10.4. The van der Waals surface area contributed by atoms with Crippen LogP contribution in [0.3, 0.4) is 0 Å². The third-order valence-corrected chi connectivity index (χ3v) is 4.58. The van der Waals surface area contributed by atoms with Crippen molar-refractivity contribution in [2.75, 3.05) is 0 Å². The van der Waals surface area contributed by atoms with Gasteiger partial charge in [-0.3, -0.25) is 0 Å². The van der Waals surface area contributed by atoms with Gasteiger partial charge in [-0.25, -0.2) is 14.8 Å². The summed E-state index contributed by atoms with van der Waals surface area (Å²) in [5.74, 6) is -0.112. The van der Waals surface area contributed by atoms with E-state index in [1.165, 1.54) is 11.3 Å². The van der Waals surface area contributed by atoms with Crippen molar-refractivity contribution >= 4 is 44.6 Å². The van der Waals surface area contributed by atoms with E-state index >= 15 is 0 Å². The Hall–Kier alpha value is -1.57. The standard InChI is InChI=1S/C13H7BrN2O2S2/c14-11-10(2-1-4-15-11)18-13(17)9-7-20-12(16-9)8-3-5-19-6-8/h1-7H. The molecule has 0 radical (unpaired) electrons. The van der Waals surface area contributed by atoms with Gasteiger partial charge in [-0.05, 0) is 39.5 Å². The molecule has 0 spiro atoms. The minimum absolute atomic E-state index is 0.298. The first-order chi connectivity index (χ1) is 9.74. The molecule has 0 atom stereocenters. The number of aromatic nitrogens is 2. The minimum atomic E-state index is -0.489. The molecule has 0 saturated carbocycles. The van der Waals surface area contributed by atoms with Crippen molar-refractivity contribution < 1.29 is 9.53 Å². The number of halogens is 1. The molecular formula is C13H7BrN2O2S2. The Bertz CT molecular complexity index is 740. The lowest BCUT2D eigenvalue weighted by atomic mass is 10.3. The van der Waals surface area contributed by atoms with Crippen molar-refractivity contribution in [2.24, 2.45) is 0 Å². The Morgan fingerprint density at radius 2 is 2.20 bits per heavy atom.